The Bertz CT molecular complexity index is 295. The first-order valence-corrected chi connectivity index (χ1v) is 5.29. The summed E-state index contributed by atoms with van der Waals surface area (Å²) in [5.74, 6) is 0. The van der Waals surface area contributed by atoms with Crippen molar-refractivity contribution in [1.82, 2.24) is 0 Å². The minimum absolute atomic E-state index is 0.160. The van der Waals surface area contributed by atoms with Gasteiger partial charge in [-0.25, -0.2) is 0 Å². The van der Waals surface area contributed by atoms with Crippen molar-refractivity contribution in [2.45, 2.75) is 41.5 Å². The van der Waals surface area contributed by atoms with E-state index in [9.17, 15) is 0 Å². The van der Waals surface area contributed by atoms with Crippen LogP contribution >= 0.6 is 0 Å². The number of azo groups is 2. The van der Waals surface area contributed by atoms with Gasteiger partial charge in [-0.15, -0.1) is 4.70 Å². The maximum absolute atomic E-state index is 4.62. The van der Waals surface area contributed by atoms with Crippen molar-refractivity contribution in [2.75, 3.05) is 13.6 Å². The van der Waals surface area contributed by atoms with Crippen molar-refractivity contribution in [3.63, 3.8) is 0 Å². The topological polar surface area (TPSA) is 15.4 Å². The molecule has 0 amide bonds. The Morgan fingerprint density at radius 1 is 1.00 bits per heavy atom. The average Bonchev–Trinajstić information content (AvgIpc) is 2.27. The molecule has 0 radical (unpaired) electrons. The second kappa shape index (κ2) is 3.18. The van der Waals surface area contributed by atoms with Gasteiger partial charge in [-0.2, -0.15) is 0 Å². The highest BCUT2D eigenvalue weighted by molar-refractivity contribution is 5.24. The maximum Gasteiger partial charge on any atom is 0.192 e. The predicted octanol–water partition coefficient (Wildman–Crippen LogP) is 3.44. The van der Waals surface area contributed by atoms with E-state index in [0.717, 1.165) is 6.54 Å². The standard InChI is InChI=1S/C12H23N2/c1-11(2,3)9-8-14(7)13-10(9)12(4,5)6/h8H2,1-7H3/q+1. The van der Waals surface area contributed by atoms with Gasteiger partial charge in [0.2, 0.25) is 0 Å². The predicted molar refractivity (Wildman–Crippen MR) is 59.4 cm³/mol. The number of hydrogen-bond acceptors (Lipinski definition) is 1. The summed E-state index contributed by atoms with van der Waals surface area (Å²) in [6.07, 6.45) is 0. The van der Waals surface area contributed by atoms with Crippen LogP contribution in [0.3, 0.4) is 0 Å². The highest BCUT2D eigenvalue weighted by Gasteiger charge is 2.36. The van der Waals surface area contributed by atoms with Gasteiger partial charge in [-0.1, -0.05) is 41.5 Å². The van der Waals surface area contributed by atoms with Crippen molar-refractivity contribution in [3.8, 4) is 0 Å². The smallest absolute Gasteiger partial charge is 0.121 e. The van der Waals surface area contributed by atoms with Crippen LogP contribution in [-0.2, 0) is 0 Å². The van der Waals surface area contributed by atoms with Gasteiger partial charge in [0.15, 0.2) is 13.6 Å². The molecule has 0 aromatic rings. The Morgan fingerprint density at radius 3 is 1.79 bits per heavy atom. The van der Waals surface area contributed by atoms with E-state index in [2.05, 4.69) is 46.7 Å². The monoisotopic (exact) mass is 195 g/mol. The van der Waals surface area contributed by atoms with Gasteiger partial charge in [0.05, 0.1) is 0 Å². The lowest BCUT2D eigenvalue weighted by Gasteiger charge is -2.23. The van der Waals surface area contributed by atoms with Crippen LogP contribution in [0.15, 0.2) is 16.4 Å². The largest absolute Gasteiger partial charge is 0.192 e. The summed E-state index contributed by atoms with van der Waals surface area (Å²) >= 11 is 0. The number of rotatable bonds is 0. The molecule has 1 heterocycles. The van der Waals surface area contributed by atoms with E-state index in [1.54, 1.807) is 0 Å². The van der Waals surface area contributed by atoms with Gasteiger partial charge in [0.25, 0.3) is 0 Å². The van der Waals surface area contributed by atoms with E-state index < -0.39 is 0 Å². The highest BCUT2D eigenvalue weighted by Crippen LogP contribution is 2.39. The molecular weight excluding hydrogens is 172 g/mol. The van der Waals surface area contributed by atoms with E-state index in [-0.39, 0.29) is 10.8 Å². The van der Waals surface area contributed by atoms with Crippen molar-refractivity contribution in [1.29, 1.82) is 0 Å². The van der Waals surface area contributed by atoms with E-state index in [1.807, 2.05) is 11.7 Å². The van der Waals surface area contributed by atoms with Crippen molar-refractivity contribution >= 4 is 0 Å². The molecule has 1 aliphatic heterocycles. The lowest BCUT2D eigenvalue weighted by molar-refractivity contribution is -0.550. The van der Waals surface area contributed by atoms with Crippen molar-refractivity contribution < 1.29 is 4.70 Å². The van der Waals surface area contributed by atoms with Gasteiger partial charge >= 0.3 is 0 Å². The summed E-state index contributed by atoms with van der Waals surface area (Å²) in [5, 5.41) is 4.62. The zero-order chi connectivity index (χ0) is 11.1. The fourth-order valence-electron chi connectivity index (χ4n) is 1.77. The number of allylic oxidation sites excluding steroid dienone is 1. The Balaban J connectivity index is 3.17. The molecule has 0 N–H and O–H groups in total. The van der Waals surface area contributed by atoms with Crippen LogP contribution in [0.25, 0.3) is 0 Å². The fourth-order valence-corrected chi connectivity index (χ4v) is 1.77. The Kier molecular flexibility index (Phi) is 2.59. The third kappa shape index (κ3) is 2.23. The molecule has 0 fully saturated rings. The zero-order valence-corrected chi connectivity index (χ0v) is 10.6. The highest BCUT2D eigenvalue weighted by atomic mass is 15.3. The first-order chi connectivity index (χ1) is 6.12. The number of nitrogens with zero attached hydrogens (tertiary/aromatic N) is 2. The van der Waals surface area contributed by atoms with Gasteiger partial charge in [-0.05, 0) is 10.5 Å². The third-order valence-electron chi connectivity index (χ3n) is 2.56. The van der Waals surface area contributed by atoms with Gasteiger partial charge in [-0.3, -0.25) is 0 Å². The molecule has 14 heavy (non-hydrogen) atoms. The minimum Gasteiger partial charge on any atom is -0.121 e. The Labute approximate surface area is 87.7 Å². The summed E-state index contributed by atoms with van der Waals surface area (Å²) in [5.41, 5.74) is 3.14. The molecule has 2 nitrogen and oxygen atoms in total. The van der Waals surface area contributed by atoms with Crippen LogP contribution in [-0.4, -0.2) is 18.3 Å². The van der Waals surface area contributed by atoms with Crippen LogP contribution < -0.4 is 0 Å². The average molecular weight is 195 g/mol. The SMILES string of the molecule is C[N+]1=NC(C(C)(C)C)=C(C(C)(C)C)C1. The Morgan fingerprint density at radius 2 is 1.50 bits per heavy atom. The maximum atomic E-state index is 4.62. The first kappa shape index (κ1) is 11.4. The zero-order valence-electron chi connectivity index (χ0n) is 10.6. The van der Waals surface area contributed by atoms with E-state index in [4.69, 9.17) is 0 Å². The van der Waals surface area contributed by atoms with Gasteiger partial charge in [0, 0.05) is 11.0 Å². The Hall–Kier alpha value is -0.660. The second-order valence-corrected chi connectivity index (χ2v) is 6.24. The van der Waals surface area contributed by atoms with Crippen LogP contribution in [0.1, 0.15) is 41.5 Å². The molecule has 0 aromatic carbocycles. The quantitative estimate of drug-likeness (QED) is 0.526. The van der Waals surface area contributed by atoms with E-state index >= 15 is 0 Å². The third-order valence-corrected chi connectivity index (χ3v) is 2.56. The summed E-state index contributed by atoms with van der Waals surface area (Å²) in [6.45, 7) is 14.5. The molecule has 1 aliphatic rings. The molecule has 0 bridgehead atoms. The first-order valence-electron chi connectivity index (χ1n) is 5.29. The van der Waals surface area contributed by atoms with Crippen molar-refractivity contribution in [2.24, 2.45) is 15.9 Å². The number of hydrogen-bond donors (Lipinski definition) is 0. The van der Waals surface area contributed by atoms with Gasteiger partial charge < -0.3 is 0 Å². The van der Waals surface area contributed by atoms with Crippen LogP contribution in [0.5, 0.6) is 0 Å². The lowest BCUT2D eigenvalue weighted by atomic mass is 9.79. The molecular formula is C12H23N2+. The molecule has 0 aromatic heterocycles. The van der Waals surface area contributed by atoms with Gasteiger partial charge in [0.1, 0.15) is 5.70 Å². The fraction of sp³-hybridized carbons (Fsp3) is 0.833. The van der Waals surface area contributed by atoms with Crippen molar-refractivity contribution in [3.05, 3.63) is 11.3 Å². The minimum atomic E-state index is 0.160. The van der Waals surface area contributed by atoms with Crippen LogP contribution in [0.2, 0.25) is 0 Å². The molecule has 0 saturated heterocycles. The summed E-state index contributed by atoms with van der Waals surface area (Å²) < 4.78 is 2.04. The normalized spacial score (nSPS) is 18.9. The summed E-state index contributed by atoms with van der Waals surface area (Å²) in [6, 6.07) is 0. The molecule has 0 atom stereocenters. The number of likely N-dealkylation sites (N-methyl/N-ethyl adjacent to an activating group) is 1. The van der Waals surface area contributed by atoms with Crippen LogP contribution in [0, 0.1) is 10.8 Å². The van der Waals surface area contributed by atoms with E-state index in [1.165, 1.54) is 11.3 Å². The summed E-state index contributed by atoms with van der Waals surface area (Å²) in [7, 11) is 2.05. The van der Waals surface area contributed by atoms with E-state index in [0.29, 0.717) is 0 Å². The molecule has 0 saturated carbocycles. The molecule has 1 rings (SSSR count). The molecule has 0 spiro atoms. The van der Waals surface area contributed by atoms with Crippen LogP contribution in [0.4, 0.5) is 0 Å². The molecule has 0 unspecified atom stereocenters. The molecule has 2 heteroatoms. The summed E-state index contributed by atoms with van der Waals surface area (Å²) in [4.78, 5) is 0. The molecule has 0 aliphatic carbocycles. The second-order valence-electron chi connectivity index (χ2n) is 6.24. The molecule has 80 valence electrons. The lowest BCUT2D eigenvalue weighted by Crippen LogP contribution is -2.19.